The molecule has 0 aromatic heterocycles. The van der Waals surface area contributed by atoms with Gasteiger partial charge in [-0.25, -0.2) is 0 Å². The molecule has 0 radical (unpaired) electrons. The largest absolute Gasteiger partial charge is 0.448 e. The van der Waals surface area contributed by atoms with E-state index in [1.54, 1.807) is 24.3 Å². The molecule has 2 rings (SSSR count). The molecule has 21 heavy (non-hydrogen) atoms. The van der Waals surface area contributed by atoms with Gasteiger partial charge in [0.1, 0.15) is 0 Å². The summed E-state index contributed by atoms with van der Waals surface area (Å²) in [6.07, 6.45) is 0. The number of benzene rings is 2. The molecule has 0 aliphatic carbocycles. The Morgan fingerprint density at radius 1 is 1.24 bits per heavy atom. The van der Waals surface area contributed by atoms with Crippen molar-refractivity contribution in [3.63, 3.8) is 0 Å². The third-order valence-electron chi connectivity index (χ3n) is 2.89. The first-order valence-electron chi connectivity index (χ1n) is 6.53. The van der Waals surface area contributed by atoms with E-state index in [1.165, 1.54) is 6.07 Å². The van der Waals surface area contributed by atoms with Crippen LogP contribution in [0.15, 0.2) is 42.5 Å². The zero-order valence-electron chi connectivity index (χ0n) is 11.5. The maximum absolute atomic E-state index is 11.0. The number of hydrogen-bond acceptors (Lipinski definition) is 4. The molecule has 0 unspecified atom stereocenters. The Balaban J connectivity index is 2.37. The molecular formula is C15H15ClN2O3. The molecule has 0 bridgehead atoms. The average Bonchev–Trinajstić information content (AvgIpc) is 2.48. The molecule has 2 aromatic carbocycles. The number of nitro groups is 1. The Bertz CT molecular complexity index is 647. The number of para-hydroxylation sites is 3. The molecule has 110 valence electrons. The van der Waals surface area contributed by atoms with E-state index < -0.39 is 4.92 Å². The first-order chi connectivity index (χ1) is 10.1. The molecule has 0 saturated carbocycles. The number of nitro benzene ring substituents is 1. The van der Waals surface area contributed by atoms with Crippen molar-refractivity contribution in [2.24, 2.45) is 0 Å². The fourth-order valence-corrected chi connectivity index (χ4v) is 2.10. The predicted octanol–water partition coefficient (Wildman–Crippen LogP) is 4.15. The quantitative estimate of drug-likeness (QED) is 0.643. The maximum Gasteiger partial charge on any atom is 0.311 e. The molecule has 6 heteroatoms. The topological polar surface area (TPSA) is 64.4 Å². The van der Waals surface area contributed by atoms with Gasteiger partial charge in [0.15, 0.2) is 5.75 Å². The normalized spacial score (nSPS) is 10.4. The molecule has 0 aliphatic heterocycles. The number of nitrogens with zero attached hydrogens (tertiary/aromatic N) is 1. The van der Waals surface area contributed by atoms with Gasteiger partial charge in [-0.1, -0.05) is 42.8 Å². The van der Waals surface area contributed by atoms with Crippen molar-refractivity contribution in [3.05, 3.63) is 63.2 Å². The van der Waals surface area contributed by atoms with E-state index in [0.29, 0.717) is 17.3 Å². The molecule has 0 amide bonds. The summed E-state index contributed by atoms with van der Waals surface area (Å²) in [5.41, 5.74) is 0.759. The molecule has 0 spiro atoms. The van der Waals surface area contributed by atoms with Crippen molar-refractivity contribution >= 4 is 17.3 Å². The van der Waals surface area contributed by atoms with E-state index in [9.17, 15) is 10.1 Å². The number of nitrogens with one attached hydrogen (secondary N) is 1. The Hall–Kier alpha value is -2.11. The lowest BCUT2D eigenvalue weighted by molar-refractivity contribution is -0.385. The minimum Gasteiger partial charge on any atom is -0.448 e. The standard InChI is InChI=1S/C15H15ClN2O3/c1-2-17-10-11-6-5-7-12(16)15(11)21-14-9-4-3-8-13(14)18(19)20/h3-9,17H,2,10H2,1H3. The first-order valence-corrected chi connectivity index (χ1v) is 6.90. The highest BCUT2D eigenvalue weighted by atomic mass is 35.5. The predicted molar refractivity (Wildman–Crippen MR) is 82.0 cm³/mol. The summed E-state index contributed by atoms with van der Waals surface area (Å²) in [6, 6.07) is 11.6. The smallest absolute Gasteiger partial charge is 0.311 e. The number of rotatable bonds is 6. The molecule has 0 saturated heterocycles. The van der Waals surface area contributed by atoms with Crippen LogP contribution in [0, 0.1) is 10.1 Å². The minimum absolute atomic E-state index is 0.0909. The minimum atomic E-state index is -0.476. The fraction of sp³-hybridized carbons (Fsp3) is 0.200. The highest BCUT2D eigenvalue weighted by Crippen LogP contribution is 2.36. The van der Waals surface area contributed by atoms with Gasteiger partial charge in [-0.3, -0.25) is 10.1 Å². The van der Waals surface area contributed by atoms with Gasteiger partial charge in [-0.05, 0) is 18.7 Å². The molecule has 0 fully saturated rings. The van der Waals surface area contributed by atoms with Crippen LogP contribution in [0.4, 0.5) is 5.69 Å². The summed E-state index contributed by atoms with van der Waals surface area (Å²) < 4.78 is 5.72. The fourth-order valence-electron chi connectivity index (χ4n) is 1.87. The van der Waals surface area contributed by atoms with Gasteiger partial charge in [-0.2, -0.15) is 0 Å². The van der Waals surface area contributed by atoms with Gasteiger partial charge in [0, 0.05) is 18.2 Å². The van der Waals surface area contributed by atoms with Crippen LogP contribution in [0.2, 0.25) is 5.02 Å². The lowest BCUT2D eigenvalue weighted by Gasteiger charge is -2.13. The van der Waals surface area contributed by atoms with Crippen molar-refractivity contribution in [3.8, 4) is 11.5 Å². The first kappa shape index (κ1) is 15.3. The van der Waals surface area contributed by atoms with E-state index in [1.807, 2.05) is 19.1 Å². The molecule has 1 N–H and O–H groups in total. The van der Waals surface area contributed by atoms with Crippen molar-refractivity contribution in [2.45, 2.75) is 13.5 Å². The van der Waals surface area contributed by atoms with E-state index >= 15 is 0 Å². The van der Waals surface area contributed by atoms with Crippen molar-refractivity contribution in [1.82, 2.24) is 5.32 Å². The SMILES string of the molecule is CCNCc1cccc(Cl)c1Oc1ccccc1[N+](=O)[O-]. The van der Waals surface area contributed by atoms with Gasteiger partial charge in [0.2, 0.25) is 5.75 Å². The van der Waals surface area contributed by atoms with Crippen LogP contribution in [-0.4, -0.2) is 11.5 Å². The molecule has 0 atom stereocenters. The lowest BCUT2D eigenvalue weighted by atomic mass is 10.2. The van der Waals surface area contributed by atoms with Crippen molar-refractivity contribution in [1.29, 1.82) is 0 Å². The van der Waals surface area contributed by atoms with Gasteiger partial charge < -0.3 is 10.1 Å². The van der Waals surface area contributed by atoms with Crippen LogP contribution in [-0.2, 0) is 6.54 Å². The summed E-state index contributed by atoms with van der Waals surface area (Å²) in [7, 11) is 0. The lowest BCUT2D eigenvalue weighted by Crippen LogP contribution is -2.12. The van der Waals surface area contributed by atoms with E-state index in [0.717, 1.165) is 12.1 Å². The van der Waals surface area contributed by atoms with Crippen LogP contribution in [0.1, 0.15) is 12.5 Å². The Morgan fingerprint density at radius 3 is 2.71 bits per heavy atom. The highest BCUT2D eigenvalue weighted by Gasteiger charge is 2.17. The second-order valence-electron chi connectivity index (χ2n) is 4.34. The van der Waals surface area contributed by atoms with Crippen LogP contribution in [0.5, 0.6) is 11.5 Å². The van der Waals surface area contributed by atoms with Crippen molar-refractivity contribution in [2.75, 3.05) is 6.54 Å². The number of halogens is 1. The molecule has 5 nitrogen and oxygen atoms in total. The zero-order valence-corrected chi connectivity index (χ0v) is 12.3. The summed E-state index contributed by atoms with van der Waals surface area (Å²) in [6.45, 7) is 3.37. The van der Waals surface area contributed by atoms with Gasteiger partial charge >= 0.3 is 5.69 Å². The van der Waals surface area contributed by atoms with Crippen LogP contribution in [0.25, 0.3) is 0 Å². The maximum atomic E-state index is 11.0. The van der Waals surface area contributed by atoms with E-state index in [2.05, 4.69) is 5.32 Å². The average molecular weight is 307 g/mol. The second kappa shape index (κ2) is 7.06. The van der Waals surface area contributed by atoms with Crippen LogP contribution in [0.3, 0.4) is 0 Å². The van der Waals surface area contributed by atoms with E-state index in [-0.39, 0.29) is 11.4 Å². The van der Waals surface area contributed by atoms with Crippen LogP contribution >= 0.6 is 11.6 Å². The van der Waals surface area contributed by atoms with Crippen molar-refractivity contribution < 1.29 is 9.66 Å². The van der Waals surface area contributed by atoms with E-state index in [4.69, 9.17) is 16.3 Å². The van der Waals surface area contributed by atoms with Gasteiger partial charge in [0.25, 0.3) is 0 Å². The Kier molecular flexibility index (Phi) is 5.14. The Labute approximate surface area is 127 Å². The molecule has 0 heterocycles. The third kappa shape index (κ3) is 3.71. The van der Waals surface area contributed by atoms with Gasteiger partial charge in [0.05, 0.1) is 9.95 Å². The molecule has 0 aliphatic rings. The summed E-state index contributed by atoms with van der Waals surface area (Å²) >= 11 is 6.17. The monoisotopic (exact) mass is 306 g/mol. The number of ether oxygens (including phenoxy) is 1. The summed E-state index contributed by atoms with van der Waals surface area (Å²) in [4.78, 5) is 10.6. The number of hydrogen-bond donors (Lipinski definition) is 1. The molecular weight excluding hydrogens is 292 g/mol. The van der Waals surface area contributed by atoms with Gasteiger partial charge in [-0.15, -0.1) is 0 Å². The highest BCUT2D eigenvalue weighted by molar-refractivity contribution is 6.32. The van der Waals surface area contributed by atoms with Crippen LogP contribution < -0.4 is 10.1 Å². The second-order valence-corrected chi connectivity index (χ2v) is 4.74. The Morgan fingerprint density at radius 2 is 2.00 bits per heavy atom. The summed E-state index contributed by atoms with van der Waals surface area (Å²) in [5, 5.41) is 14.6. The summed E-state index contributed by atoms with van der Waals surface area (Å²) in [5.74, 6) is 0.614. The zero-order chi connectivity index (χ0) is 15.2. The molecule has 2 aromatic rings. The third-order valence-corrected chi connectivity index (χ3v) is 3.19.